The van der Waals surface area contributed by atoms with Gasteiger partial charge in [-0.3, -0.25) is 0 Å². The number of rotatable bonds is 2. The Balaban J connectivity index is 1.72. The molecule has 0 atom stereocenters. The quantitative estimate of drug-likeness (QED) is 0.803. The minimum atomic E-state index is 0.847. The number of pyridine rings is 1. The van der Waals surface area contributed by atoms with Gasteiger partial charge in [-0.2, -0.15) is 0 Å². The first-order valence-corrected chi connectivity index (χ1v) is 6.81. The summed E-state index contributed by atoms with van der Waals surface area (Å²) in [5, 5.41) is 0.998. The Hall–Kier alpha value is -0.680. The normalized spacial score (nSPS) is 19.1. The van der Waals surface area contributed by atoms with Crippen molar-refractivity contribution < 1.29 is 0 Å². The molecule has 1 N–H and O–H groups in total. The van der Waals surface area contributed by atoms with E-state index in [9.17, 15) is 0 Å². The Kier molecular flexibility index (Phi) is 2.58. The third-order valence-corrected chi connectivity index (χ3v) is 4.43. The molecule has 1 aromatic heterocycles. The van der Waals surface area contributed by atoms with E-state index in [2.05, 4.69) is 14.7 Å². The molecule has 1 aliphatic carbocycles. The highest BCUT2D eigenvalue weighted by Crippen LogP contribution is 2.35. The molecule has 15 heavy (non-hydrogen) atoms. The summed E-state index contributed by atoms with van der Waals surface area (Å²) < 4.78 is 3.25. The standard InChI is InChI=1S/C10H11N3S2/c1-2-8-9(11-5-1)12-10(13-15-8)14-6-7-3-4-7/h1-2,5,7H,3-4,6H2,(H,11,12,13). The van der Waals surface area contributed by atoms with Crippen LogP contribution in [0.1, 0.15) is 12.8 Å². The predicted octanol–water partition coefficient (Wildman–Crippen LogP) is 2.82. The third kappa shape index (κ3) is 2.29. The fourth-order valence-corrected chi connectivity index (χ4v) is 3.12. The maximum Gasteiger partial charge on any atom is 0.173 e. The molecule has 0 unspecified atom stereocenters. The Morgan fingerprint density at radius 1 is 1.53 bits per heavy atom. The molecule has 5 heteroatoms. The van der Waals surface area contributed by atoms with Crippen LogP contribution in [0.5, 0.6) is 0 Å². The van der Waals surface area contributed by atoms with Crippen molar-refractivity contribution in [2.24, 2.45) is 10.9 Å². The van der Waals surface area contributed by atoms with Gasteiger partial charge in [0.15, 0.2) is 11.0 Å². The molecule has 0 aromatic carbocycles. The maximum absolute atomic E-state index is 4.48. The Labute approximate surface area is 97.3 Å². The first-order valence-electron chi connectivity index (χ1n) is 5.01. The Bertz CT molecular complexity index is 401. The summed E-state index contributed by atoms with van der Waals surface area (Å²) in [6.07, 6.45) is 4.57. The van der Waals surface area contributed by atoms with Gasteiger partial charge in [-0.1, -0.05) is 11.8 Å². The zero-order valence-electron chi connectivity index (χ0n) is 8.14. The van der Waals surface area contributed by atoms with E-state index in [1.165, 1.54) is 18.6 Å². The molecule has 78 valence electrons. The van der Waals surface area contributed by atoms with Crippen molar-refractivity contribution in [3.63, 3.8) is 0 Å². The lowest BCUT2D eigenvalue weighted by Crippen LogP contribution is -2.15. The number of hydrogen-bond donors (Lipinski definition) is 1. The molecular weight excluding hydrogens is 226 g/mol. The van der Waals surface area contributed by atoms with E-state index >= 15 is 0 Å². The summed E-state index contributed by atoms with van der Waals surface area (Å²) in [4.78, 5) is 9.84. The lowest BCUT2D eigenvalue weighted by Gasteiger charge is -2.14. The summed E-state index contributed by atoms with van der Waals surface area (Å²) >= 11 is 3.41. The number of amidine groups is 1. The van der Waals surface area contributed by atoms with Crippen molar-refractivity contribution in [2.75, 3.05) is 5.75 Å². The van der Waals surface area contributed by atoms with Crippen molar-refractivity contribution in [3.05, 3.63) is 18.3 Å². The van der Waals surface area contributed by atoms with Crippen LogP contribution in [0.2, 0.25) is 0 Å². The van der Waals surface area contributed by atoms with Gasteiger partial charge >= 0.3 is 0 Å². The smallest absolute Gasteiger partial charge is 0.173 e. The number of nitrogens with one attached hydrogen (secondary N) is 1. The Morgan fingerprint density at radius 2 is 2.47 bits per heavy atom. The molecule has 0 spiro atoms. The zero-order valence-corrected chi connectivity index (χ0v) is 9.77. The van der Waals surface area contributed by atoms with Gasteiger partial charge in [0.1, 0.15) is 0 Å². The monoisotopic (exact) mass is 237 g/mol. The van der Waals surface area contributed by atoms with E-state index in [1.807, 2.05) is 23.9 Å². The first-order chi connectivity index (χ1) is 7.42. The molecule has 1 aliphatic heterocycles. The largest absolute Gasteiger partial charge is 0.305 e. The number of nitrogens with zero attached hydrogens (tertiary/aromatic N) is 2. The molecule has 3 rings (SSSR count). The second-order valence-electron chi connectivity index (χ2n) is 3.70. The predicted molar refractivity (Wildman–Crippen MR) is 65.5 cm³/mol. The van der Waals surface area contributed by atoms with Crippen LogP contribution in [0.4, 0.5) is 5.82 Å². The molecule has 1 saturated carbocycles. The average Bonchev–Trinajstić information content (AvgIpc) is 3.10. The van der Waals surface area contributed by atoms with Gasteiger partial charge in [0.05, 0.1) is 4.90 Å². The topological polar surface area (TPSA) is 37.3 Å². The SMILES string of the molecule is c1cnc2c(c1)SNC(SCC1CC1)=N2. The number of thioether (sulfide) groups is 1. The highest BCUT2D eigenvalue weighted by molar-refractivity contribution is 8.15. The average molecular weight is 237 g/mol. The van der Waals surface area contributed by atoms with E-state index in [0.29, 0.717) is 0 Å². The van der Waals surface area contributed by atoms with Crippen molar-refractivity contribution in [3.8, 4) is 0 Å². The summed E-state index contributed by atoms with van der Waals surface area (Å²) in [5.41, 5.74) is 0. The molecule has 1 aromatic rings. The first kappa shape index (κ1) is 9.54. The van der Waals surface area contributed by atoms with E-state index in [1.54, 1.807) is 18.1 Å². The van der Waals surface area contributed by atoms with Crippen molar-refractivity contribution >= 4 is 34.7 Å². The molecule has 2 heterocycles. The number of fused-ring (bicyclic) bond motifs is 1. The third-order valence-electron chi connectivity index (χ3n) is 2.36. The van der Waals surface area contributed by atoms with E-state index in [-0.39, 0.29) is 0 Å². The minimum Gasteiger partial charge on any atom is -0.305 e. The number of aromatic nitrogens is 1. The molecule has 0 amide bonds. The molecule has 0 bridgehead atoms. The van der Waals surface area contributed by atoms with E-state index in [4.69, 9.17) is 0 Å². The molecule has 1 fully saturated rings. The molecule has 0 radical (unpaired) electrons. The second kappa shape index (κ2) is 4.06. The van der Waals surface area contributed by atoms with Gasteiger partial charge in [-0.15, -0.1) is 0 Å². The van der Waals surface area contributed by atoms with Crippen LogP contribution in [0, 0.1) is 5.92 Å². The summed E-state index contributed by atoms with van der Waals surface area (Å²) in [6, 6.07) is 3.97. The van der Waals surface area contributed by atoms with Crippen molar-refractivity contribution in [1.29, 1.82) is 0 Å². The molecular formula is C10H11N3S2. The fourth-order valence-electron chi connectivity index (χ4n) is 1.31. The van der Waals surface area contributed by atoms with Crippen molar-refractivity contribution in [2.45, 2.75) is 17.7 Å². The van der Waals surface area contributed by atoms with Gasteiger partial charge in [0, 0.05) is 11.9 Å². The van der Waals surface area contributed by atoms with Crippen LogP contribution < -0.4 is 4.72 Å². The summed E-state index contributed by atoms with van der Waals surface area (Å²) in [5.74, 6) is 2.96. The van der Waals surface area contributed by atoms with Crippen molar-refractivity contribution in [1.82, 2.24) is 9.71 Å². The summed E-state index contributed by atoms with van der Waals surface area (Å²) in [6.45, 7) is 0. The second-order valence-corrected chi connectivity index (χ2v) is 5.56. The lowest BCUT2D eigenvalue weighted by molar-refractivity contribution is 1.00. The number of aliphatic imine (C=N–C) groups is 1. The zero-order chi connectivity index (χ0) is 10.1. The van der Waals surface area contributed by atoms with Crippen LogP contribution in [-0.2, 0) is 0 Å². The lowest BCUT2D eigenvalue weighted by atomic mass is 10.5. The van der Waals surface area contributed by atoms with E-state index < -0.39 is 0 Å². The number of hydrogen-bond acceptors (Lipinski definition) is 5. The van der Waals surface area contributed by atoms with Gasteiger partial charge < -0.3 is 4.72 Å². The fraction of sp³-hybridized carbons (Fsp3) is 0.400. The molecule has 2 aliphatic rings. The molecule has 0 saturated heterocycles. The van der Waals surface area contributed by atoms with Crippen LogP contribution >= 0.6 is 23.7 Å². The van der Waals surface area contributed by atoms with Gasteiger partial charge in [-0.25, -0.2) is 9.98 Å². The summed E-state index contributed by atoms with van der Waals surface area (Å²) in [7, 11) is 0. The van der Waals surface area contributed by atoms with Gasteiger partial charge in [-0.05, 0) is 42.8 Å². The molecule has 3 nitrogen and oxygen atoms in total. The highest BCUT2D eigenvalue weighted by atomic mass is 32.2. The van der Waals surface area contributed by atoms with E-state index in [0.717, 1.165) is 21.8 Å². The van der Waals surface area contributed by atoms with Crippen LogP contribution in [0.15, 0.2) is 28.2 Å². The van der Waals surface area contributed by atoms with Crippen LogP contribution in [0.25, 0.3) is 0 Å². The van der Waals surface area contributed by atoms with Gasteiger partial charge in [0.2, 0.25) is 0 Å². The van der Waals surface area contributed by atoms with Crippen LogP contribution in [0.3, 0.4) is 0 Å². The minimum absolute atomic E-state index is 0.847. The van der Waals surface area contributed by atoms with Crippen LogP contribution in [-0.4, -0.2) is 15.9 Å². The maximum atomic E-state index is 4.48. The Morgan fingerprint density at radius 3 is 3.33 bits per heavy atom. The van der Waals surface area contributed by atoms with Gasteiger partial charge in [0.25, 0.3) is 0 Å². The highest BCUT2D eigenvalue weighted by Gasteiger charge is 2.23.